The maximum atomic E-state index is 14.2. The van der Waals surface area contributed by atoms with Crippen molar-refractivity contribution >= 4 is 21.0 Å². The molecule has 0 spiro atoms. The summed E-state index contributed by atoms with van der Waals surface area (Å²) in [5.41, 5.74) is 4.88. The van der Waals surface area contributed by atoms with Crippen molar-refractivity contribution in [3.05, 3.63) is 64.7 Å². The Balaban J connectivity index is 1.24. The fourth-order valence-corrected chi connectivity index (χ4v) is 8.32. The Morgan fingerprint density at radius 2 is 1.57 bits per heavy atom. The van der Waals surface area contributed by atoms with E-state index in [2.05, 4.69) is 4.90 Å². The summed E-state index contributed by atoms with van der Waals surface area (Å²) in [5, 5.41) is 10.1. The van der Waals surface area contributed by atoms with E-state index in [1.807, 2.05) is 6.07 Å². The summed E-state index contributed by atoms with van der Waals surface area (Å²) < 4.78 is 116. The minimum atomic E-state index is -5.68. The summed E-state index contributed by atoms with van der Waals surface area (Å²) in [6.07, 6.45) is 1.88. The predicted octanol–water partition coefficient (Wildman–Crippen LogP) is 9.51. The molecule has 4 nitrogen and oxygen atoms in total. The van der Waals surface area contributed by atoms with Crippen LogP contribution >= 0.6 is 0 Å². The molecule has 1 atom stereocenters. The van der Waals surface area contributed by atoms with Crippen molar-refractivity contribution in [2.45, 2.75) is 108 Å². The number of sulfone groups is 1. The van der Waals surface area contributed by atoms with Crippen LogP contribution in [0.3, 0.4) is 0 Å². The lowest BCUT2D eigenvalue weighted by Crippen LogP contribution is -2.36. The van der Waals surface area contributed by atoms with Gasteiger partial charge >= 0.3 is 12.1 Å². The summed E-state index contributed by atoms with van der Waals surface area (Å²) in [6, 6.07) is 9.63. The van der Waals surface area contributed by atoms with Gasteiger partial charge in [0.05, 0.1) is 11.5 Å². The van der Waals surface area contributed by atoms with Crippen LogP contribution in [0.15, 0.2) is 36.4 Å². The lowest BCUT2D eigenvalue weighted by atomic mass is 9.89. The number of hydrogen-bond acceptors (Lipinski definition) is 4. The Morgan fingerprint density at radius 1 is 0.830 bits per heavy atom. The van der Waals surface area contributed by atoms with Gasteiger partial charge in [-0.3, -0.25) is 0 Å². The number of aromatic hydroxyl groups is 1. The molecule has 262 valence electrons. The van der Waals surface area contributed by atoms with E-state index in [0.29, 0.717) is 18.4 Å². The molecule has 2 aromatic carbocycles. The summed E-state index contributed by atoms with van der Waals surface area (Å²) in [5.74, 6) is -7.34. The number of hydrogen-bond donors (Lipinski definition) is 1. The third-order valence-corrected chi connectivity index (χ3v) is 11.2. The normalized spacial score (nSPS) is 18.1. The van der Waals surface area contributed by atoms with Gasteiger partial charge in [0.1, 0.15) is 15.6 Å². The number of benzene rings is 2. The molecule has 4 rings (SSSR count). The van der Waals surface area contributed by atoms with E-state index < -0.39 is 52.2 Å². The second kappa shape index (κ2) is 16.2. The lowest BCUT2D eigenvalue weighted by molar-refractivity contribution is -0.284. The highest BCUT2D eigenvalue weighted by atomic mass is 32.2. The van der Waals surface area contributed by atoms with Gasteiger partial charge in [-0.25, -0.2) is 17.2 Å². The van der Waals surface area contributed by atoms with Gasteiger partial charge in [-0.1, -0.05) is 25.0 Å². The van der Waals surface area contributed by atoms with Gasteiger partial charge < -0.3 is 10.0 Å². The first-order valence-corrected chi connectivity index (χ1v) is 18.4. The van der Waals surface area contributed by atoms with Crippen LogP contribution in [0.25, 0.3) is 11.1 Å². The lowest BCUT2D eigenvalue weighted by Gasteiger charge is -2.24. The average molecular weight is 692 g/mol. The van der Waals surface area contributed by atoms with Gasteiger partial charge in [-0.05, 0) is 136 Å². The fourth-order valence-electron chi connectivity index (χ4n) is 6.92. The van der Waals surface area contributed by atoms with E-state index in [0.717, 1.165) is 106 Å². The third kappa shape index (κ3) is 10.4. The zero-order chi connectivity index (χ0) is 34.2. The Bertz CT molecular complexity index is 1490. The molecule has 0 bridgehead atoms. The molecule has 0 saturated carbocycles. The Labute approximate surface area is 273 Å². The zero-order valence-corrected chi connectivity index (χ0v) is 27.4. The molecular formula is C35H44F7NO3S. The van der Waals surface area contributed by atoms with Gasteiger partial charge in [0.15, 0.2) is 11.6 Å². The van der Waals surface area contributed by atoms with Crippen LogP contribution in [0, 0.1) is 11.6 Å². The number of unbranched alkanes of at least 4 members (excludes halogenated alkanes) is 3. The maximum Gasteiger partial charge on any atom is 0.453 e. The molecule has 1 saturated heterocycles. The number of nitrogens with zero attached hydrogens (tertiary/aromatic N) is 1. The molecule has 0 unspecified atom stereocenters. The maximum absolute atomic E-state index is 14.2. The number of phenolic OH excluding ortho intramolecular Hbond substituents is 1. The third-order valence-electron chi connectivity index (χ3n) is 9.39. The van der Waals surface area contributed by atoms with Crippen LogP contribution in [0.4, 0.5) is 30.7 Å². The van der Waals surface area contributed by atoms with Crippen molar-refractivity contribution < 1.29 is 44.3 Å². The van der Waals surface area contributed by atoms with Gasteiger partial charge in [-0.15, -0.1) is 0 Å². The first-order valence-electron chi connectivity index (χ1n) is 16.6. The van der Waals surface area contributed by atoms with Crippen LogP contribution in [0.1, 0.15) is 100 Å². The Morgan fingerprint density at radius 3 is 2.32 bits per heavy atom. The van der Waals surface area contributed by atoms with Crippen LogP contribution in [-0.4, -0.2) is 61.2 Å². The Hall–Kier alpha value is -2.60. The van der Waals surface area contributed by atoms with Crippen LogP contribution in [0.5, 0.6) is 5.75 Å². The number of aryl methyl sites for hydroxylation is 1. The molecule has 2 aliphatic rings. The zero-order valence-electron chi connectivity index (χ0n) is 26.5. The summed E-state index contributed by atoms with van der Waals surface area (Å²) in [6.45, 7) is 1.78. The predicted molar refractivity (Wildman–Crippen MR) is 170 cm³/mol. The van der Waals surface area contributed by atoms with Crippen molar-refractivity contribution in [2.75, 3.05) is 24.6 Å². The summed E-state index contributed by atoms with van der Waals surface area (Å²) in [7, 11) is -3.71. The highest BCUT2D eigenvalue weighted by Crippen LogP contribution is 2.41. The molecule has 0 aromatic heterocycles. The van der Waals surface area contributed by atoms with Crippen LogP contribution in [-0.2, 0) is 16.3 Å². The van der Waals surface area contributed by atoms with Crippen molar-refractivity contribution in [3.8, 4) is 5.75 Å². The molecular weight excluding hydrogens is 647 g/mol. The van der Waals surface area contributed by atoms with Gasteiger partial charge in [0, 0.05) is 12.5 Å². The average Bonchev–Trinajstić information content (AvgIpc) is 3.35. The Kier molecular flexibility index (Phi) is 12.8. The quantitative estimate of drug-likeness (QED) is 0.141. The van der Waals surface area contributed by atoms with E-state index in [1.54, 1.807) is 18.2 Å². The molecule has 0 amide bonds. The monoisotopic (exact) mass is 691 g/mol. The first-order chi connectivity index (χ1) is 22.2. The molecule has 1 aliphatic carbocycles. The second-order valence-electron chi connectivity index (χ2n) is 12.9. The highest BCUT2D eigenvalue weighted by molar-refractivity contribution is 7.91. The summed E-state index contributed by atoms with van der Waals surface area (Å²) in [4.78, 5) is 2.36. The standard InChI is InChI=1S/C35H44F7NO3S/c36-32-17-14-26(24-33(32)37)29-13-5-9-25-23-28(44)15-16-30(25)31(29)12-3-1-2-4-19-43-20-6-10-27(43)11-7-21-47(45,46)22-8-18-34(38,39)35(40,41)42/h14-17,23-24,27,44H,1-13,18-22H2/t27-/m0/s1. The van der Waals surface area contributed by atoms with E-state index in [1.165, 1.54) is 6.07 Å². The molecule has 47 heavy (non-hydrogen) atoms. The second-order valence-corrected chi connectivity index (χ2v) is 15.2. The number of fused-ring (bicyclic) bond motifs is 1. The molecule has 1 N–H and O–H groups in total. The molecule has 1 heterocycles. The molecule has 2 aromatic rings. The number of halogens is 7. The number of phenols is 1. The largest absolute Gasteiger partial charge is 0.508 e. The van der Waals surface area contributed by atoms with Crippen molar-refractivity contribution in [1.82, 2.24) is 4.90 Å². The highest BCUT2D eigenvalue weighted by Gasteiger charge is 2.56. The van der Waals surface area contributed by atoms with Crippen molar-refractivity contribution in [3.63, 3.8) is 0 Å². The summed E-state index contributed by atoms with van der Waals surface area (Å²) >= 11 is 0. The van der Waals surface area contributed by atoms with Crippen molar-refractivity contribution in [2.24, 2.45) is 0 Å². The molecule has 0 radical (unpaired) electrons. The van der Waals surface area contributed by atoms with E-state index in [4.69, 9.17) is 0 Å². The van der Waals surface area contributed by atoms with Gasteiger partial charge in [-0.2, -0.15) is 22.0 Å². The number of allylic oxidation sites excluding steroid dienone is 2. The molecule has 1 fully saturated rings. The number of likely N-dealkylation sites (tertiary alicyclic amines) is 1. The van der Waals surface area contributed by atoms with Crippen LogP contribution in [0.2, 0.25) is 0 Å². The molecule has 12 heteroatoms. The first kappa shape index (κ1) is 37.2. The van der Waals surface area contributed by atoms with E-state index in [9.17, 15) is 44.3 Å². The SMILES string of the molecule is O=S(=O)(CCC[C@@H]1CCCN1CCCCCCC1=C(c2ccc(F)c(F)c2)CCCc2cc(O)ccc21)CCCC(F)(F)C(F)(F)F. The topological polar surface area (TPSA) is 57.6 Å². The van der Waals surface area contributed by atoms with E-state index in [-0.39, 0.29) is 17.5 Å². The van der Waals surface area contributed by atoms with Crippen LogP contribution < -0.4 is 0 Å². The smallest absolute Gasteiger partial charge is 0.453 e. The minimum absolute atomic E-state index is 0.202. The molecule has 1 aliphatic heterocycles. The van der Waals surface area contributed by atoms with E-state index >= 15 is 0 Å². The van der Waals surface area contributed by atoms with Gasteiger partial charge in [0.2, 0.25) is 0 Å². The van der Waals surface area contributed by atoms with Gasteiger partial charge in [0.25, 0.3) is 0 Å². The number of alkyl halides is 5. The minimum Gasteiger partial charge on any atom is -0.508 e. The fraction of sp³-hybridized carbons (Fsp3) is 0.600. The van der Waals surface area contributed by atoms with Crippen molar-refractivity contribution in [1.29, 1.82) is 0 Å². The number of rotatable bonds is 16.